The van der Waals surface area contributed by atoms with Crippen LogP contribution in [0.5, 0.6) is 0 Å². The van der Waals surface area contributed by atoms with Crippen molar-refractivity contribution in [1.82, 2.24) is 4.90 Å². The Morgan fingerprint density at radius 3 is 2.29 bits per heavy atom. The average molecular weight is 420 g/mol. The number of para-hydroxylation sites is 1. The maximum Gasteiger partial charge on any atom is 0.228 e. The van der Waals surface area contributed by atoms with Crippen molar-refractivity contribution in [3.63, 3.8) is 0 Å². The summed E-state index contributed by atoms with van der Waals surface area (Å²) in [6.07, 6.45) is 2.51. The van der Waals surface area contributed by atoms with Gasteiger partial charge in [-0.3, -0.25) is 14.4 Å². The molecule has 2 aliphatic rings. The van der Waals surface area contributed by atoms with Gasteiger partial charge in [0.25, 0.3) is 0 Å². The molecule has 2 aromatic rings. The van der Waals surface area contributed by atoms with Gasteiger partial charge in [-0.1, -0.05) is 37.3 Å². The normalized spacial score (nSPS) is 19.5. The molecule has 0 aromatic heterocycles. The predicted octanol–water partition coefficient (Wildman–Crippen LogP) is 3.48. The minimum atomic E-state index is -0.310. The van der Waals surface area contributed by atoms with Gasteiger partial charge in [-0.25, -0.2) is 0 Å². The van der Waals surface area contributed by atoms with Crippen LogP contribution in [0.25, 0.3) is 0 Å². The van der Waals surface area contributed by atoms with E-state index in [9.17, 15) is 14.4 Å². The Bertz CT molecular complexity index is 934. The van der Waals surface area contributed by atoms with E-state index in [4.69, 9.17) is 0 Å². The van der Waals surface area contributed by atoms with E-state index in [2.05, 4.69) is 12.2 Å². The highest BCUT2D eigenvalue weighted by atomic mass is 16.2. The molecule has 2 aromatic carbocycles. The summed E-state index contributed by atoms with van der Waals surface area (Å²) in [5.74, 6) is -0.368. The first-order chi connectivity index (χ1) is 15.0. The fourth-order valence-electron chi connectivity index (χ4n) is 4.42. The minimum absolute atomic E-state index is 0.00657. The van der Waals surface area contributed by atoms with Crippen LogP contribution in [0.1, 0.15) is 31.7 Å². The summed E-state index contributed by atoms with van der Waals surface area (Å²) >= 11 is 0. The van der Waals surface area contributed by atoms with Gasteiger partial charge in [0.15, 0.2) is 0 Å². The number of piperidine rings is 1. The molecule has 0 saturated carbocycles. The molecule has 1 atom stereocenters. The molecule has 1 N–H and O–H groups in total. The van der Waals surface area contributed by atoms with Crippen LogP contribution in [-0.4, -0.2) is 42.3 Å². The SMILES string of the molecule is CCc1ccc(NC(=O)C2CCN(C(=O)C3CC(=O)N(c4ccccc4)C3)CC2)cc1. The zero-order valence-electron chi connectivity index (χ0n) is 17.9. The Balaban J connectivity index is 1.28. The van der Waals surface area contributed by atoms with Crippen LogP contribution in [0.3, 0.4) is 0 Å². The molecule has 0 radical (unpaired) electrons. The third-order valence-corrected chi connectivity index (χ3v) is 6.35. The third-order valence-electron chi connectivity index (χ3n) is 6.35. The van der Waals surface area contributed by atoms with E-state index < -0.39 is 0 Å². The van der Waals surface area contributed by atoms with Gasteiger partial charge in [0.1, 0.15) is 0 Å². The third kappa shape index (κ3) is 4.79. The smallest absolute Gasteiger partial charge is 0.228 e. The molecule has 6 nitrogen and oxygen atoms in total. The molecule has 3 amide bonds. The van der Waals surface area contributed by atoms with Crippen LogP contribution in [0, 0.1) is 11.8 Å². The van der Waals surface area contributed by atoms with E-state index in [0.29, 0.717) is 32.5 Å². The van der Waals surface area contributed by atoms with Crippen LogP contribution < -0.4 is 10.2 Å². The molecule has 1 unspecified atom stereocenters. The molecule has 2 fully saturated rings. The first-order valence-corrected chi connectivity index (χ1v) is 11.1. The summed E-state index contributed by atoms with van der Waals surface area (Å²) in [5.41, 5.74) is 2.89. The van der Waals surface area contributed by atoms with Gasteiger partial charge in [0.05, 0.1) is 5.92 Å². The van der Waals surface area contributed by atoms with Crippen molar-refractivity contribution in [3.05, 3.63) is 60.2 Å². The number of carbonyl (C=O) groups excluding carboxylic acids is 3. The zero-order chi connectivity index (χ0) is 21.8. The first kappa shape index (κ1) is 21.1. The molecule has 0 aliphatic carbocycles. The van der Waals surface area contributed by atoms with Crippen molar-refractivity contribution in [2.45, 2.75) is 32.6 Å². The summed E-state index contributed by atoms with van der Waals surface area (Å²) in [6.45, 7) is 3.64. The monoisotopic (exact) mass is 419 g/mol. The minimum Gasteiger partial charge on any atom is -0.342 e. The number of aryl methyl sites for hydroxylation is 1. The summed E-state index contributed by atoms with van der Waals surface area (Å²) in [6, 6.07) is 17.4. The lowest BCUT2D eigenvalue weighted by atomic mass is 9.94. The molecule has 2 heterocycles. The van der Waals surface area contributed by atoms with Gasteiger partial charge >= 0.3 is 0 Å². The van der Waals surface area contributed by atoms with Crippen LogP contribution in [0.4, 0.5) is 11.4 Å². The number of nitrogens with zero attached hydrogens (tertiary/aromatic N) is 2. The standard InChI is InChI=1S/C25H29N3O3/c1-2-18-8-10-21(11-9-18)26-24(30)19-12-14-27(15-13-19)25(31)20-16-23(29)28(17-20)22-6-4-3-5-7-22/h3-11,19-20H,2,12-17H2,1H3,(H,26,30). The van der Waals surface area contributed by atoms with Gasteiger partial charge in [-0.15, -0.1) is 0 Å². The van der Waals surface area contributed by atoms with Crippen LogP contribution in [0.15, 0.2) is 54.6 Å². The van der Waals surface area contributed by atoms with E-state index in [0.717, 1.165) is 17.8 Å². The Morgan fingerprint density at radius 2 is 1.65 bits per heavy atom. The lowest BCUT2D eigenvalue weighted by molar-refractivity contribution is -0.138. The fraction of sp³-hybridized carbons (Fsp3) is 0.400. The second-order valence-corrected chi connectivity index (χ2v) is 8.38. The molecular formula is C25H29N3O3. The first-order valence-electron chi connectivity index (χ1n) is 11.1. The second-order valence-electron chi connectivity index (χ2n) is 8.38. The summed E-state index contributed by atoms with van der Waals surface area (Å²) in [7, 11) is 0. The maximum atomic E-state index is 13.0. The number of anilines is 2. The van der Waals surface area contributed by atoms with Crippen molar-refractivity contribution < 1.29 is 14.4 Å². The quantitative estimate of drug-likeness (QED) is 0.807. The molecular weight excluding hydrogens is 390 g/mol. The summed E-state index contributed by atoms with van der Waals surface area (Å²) in [4.78, 5) is 41.6. The van der Waals surface area contributed by atoms with Crippen LogP contribution in [-0.2, 0) is 20.8 Å². The van der Waals surface area contributed by atoms with Crippen molar-refractivity contribution in [1.29, 1.82) is 0 Å². The molecule has 2 aliphatic heterocycles. The fourth-order valence-corrected chi connectivity index (χ4v) is 4.42. The van der Waals surface area contributed by atoms with Crippen molar-refractivity contribution in [3.8, 4) is 0 Å². The molecule has 4 rings (SSSR count). The number of hydrogen-bond donors (Lipinski definition) is 1. The van der Waals surface area contributed by atoms with E-state index in [1.807, 2.05) is 59.5 Å². The van der Waals surface area contributed by atoms with E-state index >= 15 is 0 Å². The van der Waals surface area contributed by atoms with Gasteiger partial charge in [0, 0.05) is 43.3 Å². The van der Waals surface area contributed by atoms with E-state index in [1.165, 1.54) is 5.56 Å². The molecule has 31 heavy (non-hydrogen) atoms. The Labute approximate surface area is 183 Å². The average Bonchev–Trinajstić information content (AvgIpc) is 3.21. The van der Waals surface area contributed by atoms with Crippen LogP contribution >= 0.6 is 0 Å². The lowest BCUT2D eigenvalue weighted by Gasteiger charge is -2.33. The topological polar surface area (TPSA) is 69.7 Å². The highest BCUT2D eigenvalue weighted by Crippen LogP contribution is 2.28. The Morgan fingerprint density at radius 1 is 0.968 bits per heavy atom. The largest absolute Gasteiger partial charge is 0.342 e. The molecule has 2 saturated heterocycles. The summed E-state index contributed by atoms with van der Waals surface area (Å²) < 4.78 is 0. The van der Waals surface area contributed by atoms with Gasteiger partial charge < -0.3 is 15.1 Å². The van der Waals surface area contributed by atoms with E-state index in [-0.39, 0.29) is 36.0 Å². The Hall–Kier alpha value is -3.15. The van der Waals surface area contributed by atoms with Gasteiger partial charge in [-0.2, -0.15) is 0 Å². The maximum absolute atomic E-state index is 13.0. The van der Waals surface area contributed by atoms with Crippen molar-refractivity contribution in [2.75, 3.05) is 29.9 Å². The van der Waals surface area contributed by atoms with Gasteiger partial charge in [0.2, 0.25) is 17.7 Å². The highest BCUT2D eigenvalue weighted by molar-refractivity contribution is 6.00. The predicted molar refractivity (Wildman–Crippen MR) is 121 cm³/mol. The van der Waals surface area contributed by atoms with Crippen LogP contribution in [0.2, 0.25) is 0 Å². The number of likely N-dealkylation sites (tertiary alicyclic amines) is 1. The Kier molecular flexibility index (Phi) is 6.35. The zero-order valence-corrected chi connectivity index (χ0v) is 17.9. The molecule has 0 bridgehead atoms. The number of benzene rings is 2. The van der Waals surface area contributed by atoms with Crippen molar-refractivity contribution >= 4 is 29.1 Å². The number of hydrogen-bond acceptors (Lipinski definition) is 3. The second kappa shape index (κ2) is 9.33. The summed E-state index contributed by atoms with van der Waals surface area (Å²) in [5, 5.41) is 3.00. The number of rotatable bonds is 5. The van der Waals surface area contributed by atoms with Crippen molar-refractivity contribution in [2.24, 2.45) is 11.8 Å². The van der Waals surface area contributed by atoms with E-state index in [1.54, 1.807) is 4.90 Å². The molecule has 162 valence electrons. The van der Waals surface area contributed by atoms with Gasteiger partial charge in [-0.05, 0) is 49.1 Å². The number of amides is 3. The molecule has 6 heteroatoms. The number of carbonyl (C=O) groups is 3. The highest BCUT2D eigenvalue weighted by Gasteiger charge is 2.38. The lowest BCUT2D eigenvalue weighted by Crippen LogP contribution is -2.44. The molecule has 0 spiro atoms. The number of nitrogens with one attached hydrogen (secondary N) is 1.